The normalized spacial score (nSPS) is 12.2. The summed E-state index contributed by atoms with van der Waals surface area (Å²) >= 11 is 4.92. The Morgan fingerprint density at radius 2 is 2.20 bits per heavy atom. The molecular formula is C12H17NOS. The van der Waals surface area contributed by atoms with Crippen molar-refractivity contribution in [2.75, 3.05) is 7.11 Å². The van der Waals surface area contributed by atoms with Crippen molar-refractivity contribution in [3.8, 4) is 5.75 Å². The molecule has 1 atom stereocenters. The number of nitrogens with two attached hydrogens (primary N) is 1. The summed E-state index contributed by atoms with van der Waals surface area (Å²) in [5.74, 6) is 1.21. The summed E-state index contributed by atoms with van der Waals surface area (Å²) in [5.41, 5.74) is 7.95. The monoisotopic (exact) mass is 223 g/mol. The van der Waals surface area contributed by atoms with Gasteiger partial charge in [-0.1, -0.05) is 36.8 Å². The quantitative estimate of drug-likeness (QED) is 0.797. The van der Waals surface area contributed by atoms with Crippen molar-refractivity contribution in [2.45, 2.75) is 26.2 Å². The second-order valence-corrected chi connectivity index (χ2v) is 4.34. The average molecular weight is 223 g/mol. The van der Waals surface area contributed by atoms with Crippen LogP contribution in [0.5, 0.6) is 5.75 Å². The van der Waals surface area contributed by atoms with Gasteiger partial charge >= 0.3 is 0 Å². The molecule has 0 aliphatic carbocycles. The van der Waals surface area contributed by atoms with E-state index < -0.39 is 0 Å². The lowest BCUT2D eigenvalue weighted by atomic mass is 9.95. The van der Waals surface area contributed by atoms with Crippen LogP contribution < -0.4 is 10.5 Å². The van der Waals surface area contributed by atoms with E-state index in [-0.39, 0.29) is 0 Å². The zero-order valence-electron chi connectivity index (χ0n) is 9.41. The summed E-state index contributed by atoms with van der Waals surface area (Å²) in [6.45, 7) is 4.17. The lowest BCUT2D eigenvalue weighted by Crippen LogP contribution is -2.12. The van der Waals surface area contributed by atoms with Crippen LogP contribution in [-0.2, 0) is 0 Å². The van der Waals surface area contributed by atoms with Gasteiger partial charge in [-0.15, -0.1) is 0 Å². The van der Waals surface area contributed by atoms with Crippen LogP contribution in [0.15, 0.2) is 18.2 Å². The summed E-state index contributed by atoms with van der Waals surface area (Å²) in [6, 6.07) is 6.15. The number of benzene rings is 1. The maximum atomic E-state index is 5.55. The van der Waals surface area contributed by atoms with Gasteiger partial charge in [-0.2, -0.15) is 0 Å². The van der Waals surface area contributed by atoms with Crippen LogP contribution in [0.4, 0.5) is 0 Å². The first-order valence-corrected chi connectivity index (χ1v) is 5.38. The Morgan fingerprint density at radius 1 is 1.53 bits per heavy atom. The molecule has 15 heavy (non-hydrogen) atoms. The van der Waals surface area contributed by atoms with Gasteiger partial charge in [0.25, 0.3) is 0 Å². The Bertz CT molecular complexity index is 363. The topological polar surface area (TPSA) is 35.2 Å². The lowest BCUT2D eigenvalue weighted by molar-refractivity contribution is 0.407. The highest BCUT2D eigenvalue weighted by Gasteiger charge is 2.12. The molecule has 1 rings (SSSR count). The van der Waals surface area contributed by atoms with E-state index in [1.165, 1.54) is 11.1 Å². The van der Waals surface area contributed by atoms with Crippen LogP contribution in [0.25, 0.3) is 0 Å². The van der Waals surface area contributed by atoms with Crippen LogP contribution in [-0.4, -0.2) is 12.1 Å². The highest BCUT2D eigenvalue weighted by molar-refractivity contribution is 7.80. The van der Waals surface area contributed by atoms with Gasteiger partial charge in [-0.05, 0) is 24.5 Å². The van der Waals surface area contributed by atoms with E-state index in [1.807, 2.05) is 12.1 Å². The van der Waals surface area contributed by atoms with Crippen molar-refractivity contribution < 1.29 is 4.74 Å². The molecule has 3 heteroatoms. The lowest BCUT2D eigenvalue weighted by Gasteiger charge is -2.15. The van der Waals surface area contributed by atoms with E-state index in [4.69, 9.17) is 22.7 Å². The van der Waals surface area contributed by atoms with Crippen molar-refractivity contribution in [3.05, 3.63) is 29.3 Å². The summed E-state index contributed by atoms with van der Waals surface area (Å²) in [6.07, 6.45) is 0.717. The number of ether oxygens (including phenoxy) is 1. The molecule has 2 nitrogen and oxygen atoms in total. The van der Waals surface area contributed by atoms with Crippen LogP contribution in [0.3, 0.4) is 0 Å². The van der Waals surface area contributed by atoms with Crippen LogP contribution in [0.2, 0.25) is 0 Å². The Morgan fingerprint density at radius 3 is 2.73 bits per heavy atom. The number of hydrogen-bond acceptors (Lipinski definition) is 2. The van der Waals surface area contributed by atoms with Crippen molar-refractivity contribution in [1.29, 1.82) is 0 Å². The molecule has 0 heterocycles. The van der Waals surface area contributed by atoms with Gasteiger partial charge in [0.05, 0.1) is 12.1 Å². The third-order valence-corrected chi connectivity index (χ3v) is 2.59. The first kappa shape index (κ1) is 12.0. The highest BCUT2D eigenvalue weighted by atomic mass is 32.1. The molecule has 0 bridgehead atoms. The Balaban J connectivity index is 2.99. The van der Waals surface area contributed by atoms with E-state index >= 15 is 0 Å². The molecule has 0 aliphatic heterocycles. The average Bonchev–Trinajstić information content (AvgIpc) is 2.16. The maximum Gasteiger partial charge on any atom is 0.122 e. The van der Waals surface area contributed by atoms with E-state index in [9.17, 15) is 0 Å². The SMILES string of the molecule is COc1ccc(C)cc1C(C)CC(N)=S. The van der Waals surface area contributed by atoms with Gasteiger partial charge in [0, 0.05) is 6.42 Å². The zero-order valence-corrected chi connectivity index (χ0v) is 10.2. The largest absolute Gasteiger partial charge is 0.496 e. The molecule has 2 N–H and O–H groups in total. The summed E-state index contributed by atoms with van der Waals surface area (Å²) in [5, 5.41) is 0. The molecule has 0 aliphatic rings. The van der Waals surface area contributed by atoms with Gasteiger partial charge in [0.2, 0.25) is 0 Å². The first-order valence-electron chi connectivity index (χ1n) is 4.97. The molecule has 0 radical (unpaired) electrons. The molecule has 82 valence electrons. The Hall–Kier alpha value is -1.09. The molecule has 1 unspecified atom stereocenters. The first-order chi connectivity index (χ1) is 7.04. The third kappa shape index (κ3) is 3.20. The fourth-order valence-corrected chi connectivity index (χ4v) is 1.90. The third-order valence-electron chi connectivity index (χ3n) is 2.42. The smallest absolute Gasteiger partial charge is 0.122 e. The van der Waals surface area contributed by atoms with Crippen LogP contribution in [0, 0.1) is 6.92 Å². The van der Waals surface area contributed by atoms with E-state index in [1.54, 1.807) is 7.11 Å². The molecule has 0 aromatic heterocycles. The standard InChI is InChI=1S/C12H17NOS/c1-8-4-5-11(14-3)10(6-8)9(2)7-12(13)15/h4-6,9H,7H2,1-3H3,(H2,13,15). The van der Waals surface area contributed by atoms with Gasteiger partial charge in [-0.25, -0.2) is 0 Å². The maximum absolute atomic E-state index is 5.55. The minimum absolute atomic E-state index is 0.303. The highest BCUT2D eigenvalue weighted by Crippen LogP contribution is 2.29. The Kier molecular flexibility index (Phi) is 4.09. The molecular weight excluding hydrogens is 206 g/mol. The number of hydrogen-bond donors (Lipinski definition) is 1. The van der Waals surface area contributed by atoms with Crippen molar-refractivity contribution in [3.63, 3.8) is 0 Å². The fourth-order valence-electron chi connectivity index (χ4n) is 1.65. The van der Waals surface area contributed by atoms with Gasteiger partial charge in [0.15, 0.2) is 0 Å². The van der Waals surface area contributed by atoms with E-state index in [0.717, 1.165) is 12.2 Å². The zero-order chi connectivity index (χ0) is 11.4. The molecule has 0 saturated heterocycles. The molecule has 1 aromatic carbocycles. The van der Waals surface area contributed by atoms with Gasteiger partial charge in [-0.3, -0.25) is 0 Å². The predicted octanol–water partition coefficient (Wildman–Crippen LogP) is 2.78. The minimum Gasteiger partial charge on any atom is -0.496 e. The summed E-state index contributed by atoms with van der Waals surface area (Å²) in [4.78, 5) is 0.547. The summed E-state index contributed by atoms with van der Waals surface area (Å²) < 4.78 is 5.32. The van der Waals surface area contributed by atoms with Crippen LogP contribution in [0.1, 0.15) is 30.4 Å². The van der Waals surface area contributed by atoms with Crippen molar-refractivity contribution in [1.82, 2.24) is 0 Å². The molecule has 1 aromatic rings. The molecule has 0 fully saturated rings. The summed E-state index contributed by atoms with van der Waals surface area (Å²) in [7, 11) is 1.68. The molecule has 0 saturated carbocycles. The van der Waals surface area contributed by atoms with E-state index in [2.05, 4.69) is 19.9 Å². The molecule has 0 amide bonds. The van der Waals surface area contributed by atoms with Crippen LogP contribution >= 0.6 is 12.2 Å². The van der Waals surface area contributed by atoms with Crippen molar-refractivity contribution >= 4 is 17.2 Å². The number of aryl methyl sites for hydroxylation is 1. The second-order valence-electron chi connectivity index (χ2n) is 3.82. The van der Waals surface area contributed by atoms with Gasteiger partial charge in [0.1, 0.15) is 5.75 Å². The minimum atomic E-state index is 0.303. The predicted molar refractivity (Wildman–Crippen MR) is 67.5 cm³/mol. The van der Waals surface area contributed by atoms with Crippen molar-refractivity contribution in [2.24, 2.45) is 5.73 Å². The second kappa shape index (κ2) is 5.12. The van der Waals surface area contributed by atoms with E-state index in [0.29, 0.717) is 10.9 Å². The van der Waals surface area contributed by atoms with Gasteiger partial charge < -0.3 is 10.5 Å². The molecule has 0 spiro atoms. The Labute approximate surface area is 96.4 Å². The number of thiocarbonyl (C=S) groups is 1. The number of methoxy groups -OCH3 is 1. The fraction of sp³-hybridized carbons (Fsp3) is 0.417. The number of rotatable bonds is 4.